The van der Waals surface area contributed by atoms with E-state index in [0.29, 0.717) is 41.0 Å². The summed E-state index contributed by atoms with van der Waals surface area (Å²) in [5.74, 6) is 1.32. The Morgan fingerprint density at radius 1 is 1.27 bits per heavy atom. The molecule has 8 heteroatoms. The highest BCUT2D eigenvalue weighted by Crippen LogP contribution is 2.29. The van der Waals surface area contributed by atoms with Crippen LogP contribution in [0.4, 0.5) is 11.5 Å². The molecule has 158 valence electrons. The molecule has 0 aliphatic rings. The molecule has 30 heavy (non-hydrogen) atoms. The number of rotatable bonds is 9. The molecule has 0 aliphatic heterocycles. The fourth-order valence-corrected chi connectivity index (χ4v) is 3.11. The molecule has 0 saturated carbocycles. The van der Waals surface area contributed by atoms with Crippen molar-refractivity contribution in [2.45, 2.75) is 19.8 Å². The molecule has 1 N–H and O–H groups in total. The number of amides is 1. The summed E-state index contributed by atoms with van der Waals surface area (Å²) in [5, 5.41) is 3.37. The number of aryl methyl sites for hydroxylation is 1. The number of methoxy groups -OCH3 is 1. The second-order valence-electron chi connectivity index (χ2n) is 6.79. The number of benzene rings is 1. The minimum Gasteiger partial charge on any atom is -0.440 e. The van der Waals surface area contributed by atoms with E-state index in [4.69, 9.17) is 20.8 Å². The SMILES string of the molecule is CCCc1oc(-c2ccccc2Cl)nc1C(=O)Nc1ccc(N(C)CCOC)nc1. The van der Waals surface area contributed by atoms with Crippen molar-refractivity contribution in [1.82, 2.24) is 9.97 Å². The summed E-state index contributed by atoms with van der Waals surface area (Å²) in [4.78, 5) is 23.7. The number of carbonyl (C=O) groups excluding carboxylic acids is 1. The standard InChI is InChI=1S/C22H25ClN4O3/c1-4-7-18-20(26-22(30-18)16-8-5-6-9-17(16)23)21(28)25-15-10-11-19(24-14-15)27(2)12-13-29-3/h5-6,8-11,14H,4,7,12-13H2,1-3H3,(H,25,28). The summed E-state index contributed by atoms with van der Waals surface area (Å²) < 4.78 is 11.0. The van der Waals surface area contributed by atoms with Crippen LogP contribution >= 0.6 is 11.6 Å². The molecule has 0 atom stereocenters. The van der Waals surface area contributed by atoms with Crippen molar-refractivity contribution >= 4 is 29.0 Å². The monoisotopic (exact) mass is 428 g/mol. The Labute approximate surface area is 181 Å². The zero-order valence-corrected chi connectivity index (χ0v) is 18.1. The largest absolute Gasteiger partial charge is 0.440 e. The first kappa shape index (κ1) is 21.8. The first-order chi connectivity index (χ1) is 14.5. The molecule has 0 unspecified atom stereocenters. The fourth-order valence-electron chi connectivity index (χ4n) is 2.89. The van der Waals surface area contributed by atoms with Crippen molar-refractivity contribution in [2.24, 2.45) is 0 Å². The number of hydrogen-bond donors (Lipinski definition) is 1. The van der Waals surface area contributed by atoms with Crippen molar-refractivity contribution in [3.63, 3.8) is 0 Å². The number of pyridine rings is 1. The summed E-state index contributed by atoms with van der Waals surface area (Å²) in [7, 11) is 3.59. The van der Waals surface area contributed by atoms with Gasteiger partial charge in [0.2, 0.25) is 5.89 Å². The van der Waals surface area contributed by atoms with Gasteiger partial charge >= 0.3 is 0 Å². The van der Waals surface area contributed by atoms with Gasteiger partial charge in [-0.05, 0) is 30.7 Å². The van der Waals surface area contributed by atoms with Gasteiger partial charge in [0.15, 0.2) is 5.69 Å². The zero-order valence-electron chi connectivity index (χ0n) is 17.3. The Balaban J connectivity index is 1.78. The molecule has 7 nitrogen and oxygen atoms in total. The Hall–Kier alpha value is -2.90. The predicted octanol–water partition coefficient (Wildman–Crippen LogP) is 4.68. The Morgan fingerprint density at radius 3 is 2.73 bits per heavy atom. The molecule has 2 aromatic heterocycles. The molecular weight excluding hydrogens is 404 g/mol. The average molecular weight is 429 g/mol. The molecule has 0 fully saturated rings. The van der Waals surface area contributed by atoms with Crippen LogP contribution < -0.4 is 10.2 Å². The van der Waals surface area contributed by atoms with Crippen LogP contribution in [0.5, 0.6) is 0 Å². The van der Waals surface area contributed by atoms with E-state index >= 15 is 0 Å². The van der Waals surface area contributed by atoms with Gasteiger partial charge in [-0.1, -0.05) is 30.7 Å². The number of ether oxygens (including phenoxy) is 1. The average Bonchev–Trinajstić information content (AvgIpc) is 3.17. The summed E-state index contributed by atoms with van der Waals surface area (Å²) in [5.41, 5.74) is 1.49. The lowest BCUT2D eigenvalue weighted by atomic mass is 10.2. The number of nitrogens with zero attached hydrogens (tertiary/aromatic N) is 3. The topological polar surface area (TPSA) is 80.5 Å². The Bertz CT molecular complexity index is 988. The molecule has 0 aliphatic carbocycles. The van der Waals surface area contributed by atoms with E-state index in [1.165, 1.54) is 0 Å². The lowest BCUT2D eigenvalue weighted by Gasteiger charge is -2.17. The summed E-state index contributed by atoms with van der Waals surface area (Å²) in [6, 6.07) is 10.9. The predicted molar refractivity (Wildman–Crippen MR) is 118 cm³/mol. The second kappa shape index (κ2) is 10.2. The van der Waals surface area contributed by atoms with E-state index in [9.17, 15) is 4.79 Å². The molecule has 0 spiro atoms. The number of aromatic nitrogens is 2. The Kier molecular flexibility index (Phi) is 7.43. The third-order valence-electron chi connectivity index (χ3n) is 4.52. The summed E-state index contributed by atoms with van der Waals surface area (Å²) in [6.07, 6.45) is 3.04. The van der Waals surface area contributed by atoms with Gasteiger partial charge in [-0.15, -0.1) is 0 Å². The van der Waals surface area contributed by atoms with Crippen LogP contribution in [-0.4, -0.2) is 43.2 Å². The number of halogens is 1. The van der Waals surface area contributed by atoms with E-state index in [-0.39, 0.29) is 11.6 Å². The Morgan fingerprint density at radius 2 is 2.07 bits per heavy atom. The van der Waals surface area contributed by atoms with Gasteiger partial charge in [-0.25, -0.2) is 9.97 Å². The number of hydrogen-bond acceptors (Lipinski definition) is 6. The van der Waals surface area contributed by atoms with Crippen LogP contribution in [0, 0.1) is 0 Å². The van der Waals surface area contributed by atoms with E-state index < -0.39 is 0 Å². The highest BCUT2D eigenvalue weighted by atomic mass is 35.5. The van der Waals surface area contributed by atoms with Crippen LogP contribution in [-0.2, 0) is 11.2 Å². The van der Waals surface area contributed by atoms with Crippen LogP contribution in [0.3, 0.4) is 0 Å². The fraction of sp³-hybridized carbons (Fsp3) is 0.318. The van der Waals surface area contributed by atoms with Crippen molar-refractivity contribution in [3.8, 4) is 11.5 Å². The first-order valence-electron chi connectivity index (χ1n) is 9.75. The van der Waals surface area contributed by atoms with Gasteiger partial charge in [-0.2, -0.15) is 0 Å². The van der Waals surface area contributed by atoms with Gasteiger partial charge in [0.25, 0.3) is 5.91 Å². The molecule has 3 rings (SSSR count). The summed E-state index contributed by atoms with van der Waals surface area (Å²) >= 11 is 6.26. The first-order valence-corrected chi connectivity index (χ1v) is 10.1. The minimum absolute atomic E-state index is 0.257. The third kappa shape index (κ3) is 5.17. The third-order valence-corrected chi connectivity index (χ3v) is 4.85. The van der Waals surface area contributed by atoms with Crippen LogP contribution in [0.25, 0.3) is 11.5 Å². The van der Waals surface area contributed by atoms with Crippen LogP contribution in [0.2, 0.25) is 5.02 Å². The van der Waals surface area contributed by atoms with Gasteiger partial charge < -0.3 is 19.4 Å². The number of anilines is 2. The molecule has 1 aromatic carbocycles. The number of oxazole rings is 1. The van der Waals surface area contributed by atoms with Crippen molar-refractivity contribution in [1.29, 1.82) is 0 Å². The van der Waals surface area contributed by atoms with Crippen molar-refractivity contribution in [3.05, 3.63) is 59.1 Å². The normalized spacial score (nSPS) is 10.8. The maximum atomic E-state index is 12.9. The second-order valence-corrected chi connectivity index (χ2v) is 7.20. The van der Waals surface area contributed by atoms with Crippen molar-refractivity contribution in [2.75, 3.05) is 37.5 Å². The summed E-state index contributed by atoms with van der Waals surface area (Å²) in [6.45, 7) is 3.35. The number of likely N-dealkylation sites (N-methyl/N-ethyl adjacent to an activating group) is 1. The van der Waals surface area contributed by atoms with Crippen LogP contribution in [0.15, 0.2) is 47.0 Å². The van der Waals surface area contributed by atoms with Crippen molar-refractivity contribution < 1.29 is 13.9 Å². The smallest absolute Gasteiger partial charge is 0.277 e. The van der Waals surface area contributed by atoms with Gasteiger partial charge in [0, 0.05) is 27.1 Å². The molecular formula is C22H25ClN4O3. The van der Waals surface area contributed by atoms with Crippen LogP contribution in [0.1, 0.15) is 29.6 Å². The molecule has 2 heterocycles. The minimum atomic E-state index is -0.345. The van der Waals surface area contributed by atoms with E-state index in [1.807, 2.05) is 43.1 Å². The number of nitrogens with one attached hydrogen (secondary N) is 1. The molecule has 0 bridgehead atoms. The van der Waals surface area contributed by atoms with E-state index in [1.54, 1.807) is 25.4 Å². The van der Waals surface area contributed by atoms with E-state index in [2.05, 4.69) is 15.3 Å². The quantitative estimate of drug-likeness (QED) is 0.533. The maximum absolute atomic E-state index is 12.9. The zero-order chi connectivity index (χ0) is 21.5. The highest BCUT2D eigenvalue weighted by Gasteiger charge is 2.21. The maximum Gasteiger partial charge on any atom is 0.277 e. The van der Waals surface area contributed by atoms with Gasteiger partial charge in [0.05, 0.1) is 29.1 Å². The lowest BCUT2D eigenvalue weighted by Crippen LogP contribution is -2.23. The molecule has 3 aromatic rings. The van der Waals surface area contributed by atoms with E-state index in [0.717, 1.165) is 18.8 Å². The molecule has 1 amide bonds. The highest BCUT2D eigenvalue weighted by molar-refractivity contribution is 6.33. The molecule has 0 saturated heterocycles. The van der Waals surface area contributed by atoms with Gasteiger partial charge in [-0.3, -0.25) is 4.79 Å². The lowest BCUT2D eigenvalue weighted by molar-refractivity contribution is 0.102. The van der Waals surface area contributed by atoms with Gasteiger partial charge in [0.1, 0.15) is 11.6 Å². The number of carbonyl (C=O) groups is 1. The molecule has 0 radical (unpaired) electrons.